The van der Waals surface area contributed by atoms with Crippen molar-refractivity contribution in [3.8, 4) is 17.1 Å². The second-order valence-electron chi connectivity index (χ2n) is 3.00. The first-order valence-corrected chi connectivity index (χ1v) is 4.89. The van der Waals surface area contributed by atoms with E-state index >= 15 is 0 Å². The van der Waals surface area contributed by atoms with Crippen molar-refractivity contribution in [2.75, 3.05) is 5.73 Å². The van der Waals surface area contributed by atoms with E-state index in [1.807, 2.05) is 0 Å². The molecular weight excluding hydrogens is 286 g/mol. The van der Waals surface area contributed by atoms with Crippen LogP contribution >= 0.6 is 15.9 Å². The number of benzene rings is 1. The zero-order valence-electron chi connectivity index (χ0n) is 7.67. The zero-order valence-corrected chi connectivity index (χ0v) is 9.25. The van der Waals surface area contributed by atoms with E-state index in [1.165, 1.54) is 12.1 Å². The second kappa shape index (κ2) is 3.75. The molecule has 3 N–H and O–H groups in total. The lowest BCUT2D eigenvalue weighted by Gasteiger charge is -2.04. The Morgan fingerprint density at radius 3 is 2.56 bits per heavy atom. The number of aromatic nitrogens is 1. The number of hydrogen-bond donors (Lipinski definition) is 2. The Bertz CT molecular complexity index is 557. The van der Waals surface area contributed by atoms with Crippen LogP contribution < -0.4 is 5.73 Å². The summed E-state index contributed by atoms with van der Waals surface area (Å²) in [4.78, 5) is 0. The molecule has 0 saturated carbocycles. The minimum Gasteiger partial charge on any atom is -0.504 e. The summed E-state index contributed by atoms with van der Waals surface area (Å²) >= 11 is 2.89. The van der Waals surface area contributed by atoms with E-state index in [4.69, 9.17) is 15.4 Å². The lowest BCUT2D eigenvalue weighted by atomic mass is 10.1. The number of nitrogen functional groups attached to an aromatic ring is 1. The molecular formula is C9H5BrF2N2O2. The van der Waals surface area contributed by atoms with Gasteiger partial charge in [0.05, 0.1) is 10.0 Å². The zero-order chi connectivity index (χ0) is 11.9. The molecule has 1 heterocycles. The van der Waals surface area contributed by atoms with Crippen LogP contribution in [0.5, 0.6) is 5.75 Å². The summed E-state index contributed by atoms with van der Waals surface area (Å²) in [5.41, 5.74) is 5.12. The van der Waals surface area contributed by atoms with Crippen LogP contribution in [0.2, 0.25) is 0 Å². The summed E-state index contributed by atoms with van der Waals surface area (Å²) < 4.78 is 31.4. The van der Waals surface area contributed by atoms with Crippen LogP contribution in [-0.4, -0.2) is 10.3 Å². The number of nitrogens with zero attached hydrogens (tertiary/aromatic N) is 1. The molecule has 7 heteroatoms. The van der Waals surface area contributed by atoms with E-state index in [0.29, 0.717) is 0 Å². The molecule has 0 fully saturated rings. The summed E-state index contributed by atoms with van der Waals surface area (Å²) in [6.07, 6.45) is 0. The molecule has 2 aromatic rings. The molecule has 0 spiro atoms. The van der Waals surface area contributed by atoms with Crippen molar-refractivity contribution in [2.45, 2.75) is 0 Å². The van der Waals surface area contributed by atoms with E-state index in [1.54, 1.807) is 0 Å². The average molecular weight is 291 g/mol. The Balaban J connectivity index is 2.66. The van der Waals surface area contributed by atoms with Crippen molar-refractivity contribution in [1.82, 2.24) is 5.16 Å². The van der Waals surface area contributed by atoms with Crippen LogP contribution in [0.3, 0.4) is 0 Å². The number of phenols is 1. The monoisotopic (exact) mass is 290 g/mol. The van der Waals surface area contributed by atoms with Crippen LogP contribution in [0, 0.1) is 11.6 Å². The first-order valence-electron chi connectivity index (χ1n) is 4.09. The Hall–Kier alpha value is -1.63. The SMILES string of the molecule is Nc1cc(-c2cc(Br)c(O)c(F)c2F)on1. The lowest BCUT2D eigenvalue weighted by Crippen LogP contribution is -1.90. The molecule has 1 aromatic carbocycles. The molecule has 1 aromatic heterocycles. The second-order valence-corrected chi connectivity index (χ2v) is 3.85. The number of phenolic OH excluding ortho intramolecular Hbond substituents is 1. The summed E-state index contributed by atoms with van der Waals surface area (Å²) in [6, 6.07) is 2.43. The Labute approximate surface area is 96.8 Å². The Kier molecular flexibility index (Phi) is 2.55. The van der Waals surface area contributed by atoms with Crippen molar-refractivity contribution in [2.24, 2.45) is 0 Å². The van der Waals surface area contributed by atoms with Gasteiger partial charge in [0.15, 0.2) is 23.1 Å². The third-order valence-corrected chi connectivity index (χ3v) is 2.53. The highest BCUT2D eigenvalue weighted by Gasteiger charge is 2.20. The maximum Gasteiger partial charge on any atom is 0.202 e. The fourth-order valence-electron chi connectivity index (χ4n) is 1.18. The molecule has 0 unspecified atom stereocenters. The standard InChI is InChI=1S/C9H5BrF2N2O2/c10-4-1-3(5-2-6(13)14-16-5)7(11)8(12)9(4)15/h1-2,15H,(H2,13,14). The van der Waals surface area contributed by atoms with E-state index < -0.39 is 17.4 Å². The molecule has 0 saturated heterocycles. The van der Waals surface area contributed by atoms with Crippen LogP contribution in [0.1, 0.15) is 0 Å². The van der Waals surface area contributed by atoms with E-state index in [2.05, 4.69) is 21.1 Å². The number of halogens is 3. The maximum absolute atomic E-state index is 13.5. The molecule has 2 rings (SSSR count). The van der Waals surface area contributed by atoms with Gasteiger partial charge in [-0.1, -0.05) is 5.16 Å². The molecule has 0 radical (unpaired) electrons. The Morgan fingerprint density at radius 1 is 1.31 bits per heavy atom. The highest BCUT2D eigenvalue weighted by Crippen LogP contribution is 2.35. The van der Waals surface area contributed by atoms with E-state index in [9.17, 15) is 8.78 Å². The van der Waals surface area contributed by atoms with Crippen LogP contribution in [0.4, 0.5) is 14.6 Å². The van der Waals surface area contributed by atoms with Gasteiger partial charge < -0.3 is 15.4 Å². The van der Waals surface area contributed by atoms with Gasteiger partial charge in [0.1, 0.15) is 0 Å². The molecule has 0 aliphatic carbocycles. The molecule has 84 valence electrons. The highest BCUT2D eigenvalue weighted by molar-refractivity contribution is 9.10. The summed E-state index contributed by atoms with van der Waals surface area (Å²) in [6.45, 7) is 0. The number of nitrogens with two attached hydrogens (primary N) is 1. The topological polar surface area (TPSA) is 72.3 Å². The molecule has 16 heavy (non-hydrogen) atoms. The molecule has 4 nitrogen and oxygen atoms in total. The van der Waals surface area contributed by atoms with Crippen molar-refractivity contribution < 1.29 is 18.4 Å². The third-order valence-electron chi connectivity index (χ3n) is 1.93. The average Bonchev–Trinajstić information content (AvgIpc) is 2.67. The van der Waals surface area contributed by atoms with Gasteiger partial charge in [0.2, 0.25) is 5.82 Å². The molecule has 0 aliphatic heterocycles. The first-order chi connectivity index (χ1) is 7.50. The van der Waals surface area contributed by atoms with Crippen LogP contribution in [0.15, 0.2) is 21.1 Å². The summed E-state index contributed by atoms with van der Waals surface area (Å²) in [5, 5.41) is 12.5. The van der Waals surface area contributed by atoms with E-state index in [-0.39, 0.29) is 21.6 Å². The fraction of sp³-hybridized carbons (Fsp3) is 0. The smallest absolute Gasteiger partial charge is 0.202 e. The predicted octanol–water partition coefficient (Wildman–Crippen LogP) is 2.67. The quantitative estimate of drug-likeness (QED) is 0.792. The van der Waals surface area contributed by atoms with Gasteiger partial charge in [-0.05, 0) is 22.0 Å². The molecule has 0 amide bonds. The van der Waals surface area contributed by atoms with Gasteiger partial charge in [-0.3, -0.25) is 0 Å². The van der Waals surface area contributed by atoms with E-state index in [0.717, 1.165) is 0 Å². The minimum absolute atomic E-state index is 0.0105. The van der Waals surface area contributed by atoms with Gasteiger partial charge >= 0.3 is 0 Å². The molecule has 0 aliphatic rings. The largest absolute Gasteiger partial charge is 0.504 e. The fourth-order valence-corrected chi connectivity index (χ4v) is 1.58. The van der Waals surface area contributed by atoms with Gasteiger partial charge in [-0.15, -0.1) is 0 Å². The Morgan fingerprint density at radius 2 is 2.00 bits per heavy atom. The third kappa shape index (κ3) is 1.63. The highest BCUT2D eigenvalue weighted by atomic mass is 79.9. The van der Waals surface area contributed by atoms with Crippen molar-refractivity contribution in [1.29, 1.82) is 0 Å². The first kappa shape index (κ1) is 10.9. The van der Waals surface area contributed by atoms with Crippen molar-refractivity contribution >= 4 is 21.7 Å². The number of aromatic hydroxyl groups is 1. The number of hydrogen-bond acceptors (Lipinski definition) is 4. The summed E-state index contributed by atoms with van der Waals surface area (Å²) in [7, 11) is 0. The van der Waals surface area contributed by atoms with Crippen molar-refractivity contribution in [3.05, 3.63) is 28.2 Å². The molecule has 0 bridgehead atoms. The maximum atomic E-state index is 13.5. The van der Waals surface area contributed by atoms with Crippen LogP contribution in [-0.2, 0) is 0 Å². The normalized spacial score (nSPS) is 10.7. The van der Waals surface area contributed by atoms with Gasteiger partial charge in [-0.2, -0.15) is 4.39 Å². The van der Waals surface area contributed by atoms with Gasteiger partial charge in [0.25, 0.3) is 0 Å². The minimum atomic E-state index is -1.36. The van der Waals surface area contributed by atoms with Gasteiger partial charge in [-0.25, -0.2) is 4.39 Å². The predicted molar refractivity (Wildman–Crippen MR) is 55.6 cm³/mol. The van der Waals surface area contributed by atoms with Crippen LogP contribution in [0.25, 0.3) is 11.3 Å². The number of rotatable bonds is 1. The summed E-state index contributed by atoms with van der Waals surface area (Å²) in [5.74, 6) is -3.35. The lowest BCUT2D eigenvalue weighted by molar-refractivity contribution is 0.400. The molecule has 0 atom stereocenters. The number of anilines is 1. The van der Waals surface area contributed by atoms with Gasteiger partial charge in [0, 0.05) is 6.07 Å². The van der Waals surface area contributed by atoms with Crippen molar-refractivity contribution in [3.63, 3.8) is 0 Å².